The Bertz CT molecular complexity index is 849. The SMILES string of the molecule is COC(=O)C1=C(C)NC(c2nccs2)=N[C@H]1c1cccc(F)c1Cl. The maximum atomic E-state index is 13.9. The highest BCUT2D eigenvalue weighted by molar-refractivity contribution is 7.11. The smallest absolute Gasteiger partial charge is 0.338 e. The number of amidine groups is 1. The van der Waals surface area contributed by atoms with Gasteiger partial charge in [0.25, 0.3) is 0 Å². The fourth-order valence-corrected chi connectivity index (χ4v) is 3.27. The van der Waals surface area contributed by atoms with E-state index >= 15 is 0 Å². The summed E-state index contributed by atoms with van der Waals surface area (Å²) in [5, 5.41) is 5.47. The van der Waals surface area contributed by atoms with Crippen LogP contribution >= 0.6 is 22.9 Å². The first kappa shape index (κ1) is 16.6. The van der Waals surface area contributed by atoms with E-state index in [2.05, 4.69) is 15.3 Å². The van der Waals surface area contributed by atoms with Crippen molar-refractivity contribution in [3.63, 3.8) is 0 Å². The molecule has 124 valence electrons. The van der Waals surface area contributed by atoms with Crippen molar-refractivity contribution in [2.75, 3.05) is 7.11 Å². The van der Waals surface area contributed by atoms with Crippen molar-refractivity contribution >= 4 is 34.7 Å². The van der Waals surface area contributed by atoms with Gasteiger partial charge in [-0.15, -0.1) is 11.3 Å². The minimum absolute atomic E-state index is 0.0687. The van der Waals surface area contributed by atoms with Gasteiger partial charge in [0.2, 0.25) is 0 Å². The molecule has 1 aliphatic rings. The van der Waals surface area contributed by atoms with Crippen molar-refractivity contribution in [3.05, 3.63) is 62.5 Å². The number of carbonyl (C=O) groups is 1. The molecule has 8 heteroatoms. The Morgan fingerprint density at radius 3 is 2.92 bits per heavy atom. The first-order valence-electron chi connectivity index (χ1n) is 7.00. The summed E-state index contributed by atoms with van der Waals surface area (Å²) in [6.07, 6.45) is 1.66. The Hall–Kier alpha value is -2.25. The van der Waals surface area contributed by atoms with Gasteiger partial charge < -0.3 is 10.1 Å². The van der Waals surface area contributed by atoms with Gasteiger partial charge in [-0.25, -0.2) is 14.2 Å². The van der Waals surface area contributed by atoms with Crippen LogP contribution in [0.15, 0.2) is 46.0 Å². The molecule has 1 N–H and O–H groups in total. The highest BCUT2D eigenvalue weighted by atomic mass is 35.5. The van der Waals surface area contributed by atoms with E-state index in [9.17, 15) is 9.18 Å². The lowest BCUT2D eigenvalue weighted by Gasteiger charge is -2.25. The molecule has 0 aliphatic carbocycles. The number of thiazole rings is 1. The molecule has 1 atom stereocenters. The molecule has 5 nitrogen and oxygen atoms in total. The minimum atomic E-state index is -0.777. The molecule has 0 radical (unpaired) electrons. The number of carbonyl (C=O) groups excluding carboxylic acids is 1. The number of esters is 1. The van der Waals surface area contributed by atoms with E-state index in [0.717, 1.165) is 0 Å². The number of ether oxygens (including phenoxy) is 1. The molecule has 0 fully saturated rings. The van der Waals surface area contributed by atoms with E-state index in [4.69, 9.17) is 16.3 Å². The summed E-state index contributed by atoms with van der Waals surface area (Å²) in [6, 6.07) is 3.65. The number of methoxy groups -OCH3 is 1. The summed E-state index contributed by atoms with van der Waals surface area (Å²) < 4.78 is 18.7. The van der Waals surface area contributed by atoms with Crippen LogP contribution in [0.4, 0.5) is 4.39 Å². The molecule has 0 unspecified atom stereocenters. The van der Waals surface area contributed by atoms with Gasteiger partial charge in [-0.1, -0.05) is 23.7 Å². The number of halogens is 2. The lowest BCUT2D eigenvalue weighted by atomic mass is 9.96. The average molecular weight is 366 g/mol. The zero-order chi connectivity index (χ0) is 17.3. The molecule has 1 aromatic carbocycles. The lowest BCUT2D eigenvalue weighted by Crippen LogP contribution is -2.32. The number of hydrogen-bond acceptors (Lipinski definition) is 6. The number of rotatable bonds is 3. The fraction of sp³-hybridized carbons (Fsp3) is 0.188. The third-order valence-electron chi connectivity index (χ3n) is 3.56. The summed E-state index contributed by atoms with van der Waals surface area (Å²) in [5.41, 5.74) is 1.24. The van der Waals surface area contributed by atoms with Crippen molar-refractivity contribution in [2.24, 2.45) is 4.99 Å². The molecule has 0 saturated heterocycles. The van der Waals surface area contributed by atoms with Crippen LogP contribution in [0.25, 0.3) is 0 Å². The molecule has 0 bridgehead atoms. The van der Waals surface area contributed by atoms with Crippen molar-refractivity contribution < 1.29 is 13.9 Å². The van der Waals surface area contributed by atoms with E-state index in [0.29, 0.717) is 22.1 Å². The number of benzene rings is 1. The molecule has 2 heterocycles. The topological polar surface area (TPSA) is 63.6 Å². The molecular weight excluding hydrogens is 353 g/mol. The normalized spacial score (nSPS) is 17.3. The fourth-order valence-electron chi connectivity index (χ4n) is 2.46. The molecule has 0 amide bonds. The zero-order valence-corrected chi connectivity index (χ0v) is 14.4. The summed E-state index contributed by atoms with van der Waals surface area (Å²) in [5.74, 6) is -0.617. The van der Waals surface area contributed by atoms with Gasteiger partial charge in [-0.05, 0) is 13.0 Å². The van der Waals surface area contributed by atoms with E-state index in [-0.39, 0.29) is 10.6 Å². The van der Waals surface area contributed by atoms with Crippen molar-refractivity contribution in [3.8, 4) is 0 Å². The summed E-state index contributed by atoms with van der Waals surface area (Å²) >= 11 is 7.51. The van der Waals surface area contributed by atoms with Crippen LogP contribution in [-0.2, 0) is 9.53 Å². The van der Waals surface area contributed by atoms with Crippen LogP contribution in [0.3, 0.4) is 0 Å². The lowest BCUT2D eigenvalue weighted by molar-refractivity contribution is -0.136. The Balaban J connectivity index is 2.16. The standard InChI is InChI=1S/C16H13ClFN3O2S/c1-8-11(16(22)23-2)13(9-4-3-5-10(18)12(9)17)21-14(20-8)15-19-6-7-24-15/h3-7,13H,1-2H3,(H,20,21)/t13-/m0/s1. The van der Waals surface area contributed by atoms with Crippen LogP contribution in [0.2, 0.25) is 5.02 Å². The molecule has 24 heavy (non-hydrogen) atoms. The molecule has 2 aromatic rings. The minimum Gasteiger partial charge on any atom is -0.466 e. The van der Waals surface area contributed by atoms with Gasteiger partial charge in [-0.2, -0.15) is 0 Å². The Morgan fingerprint density at radius 1 is 1.46 bits per heavy atom. The molecule has 1 aliphatic heterocycles. The second kappa shape index (κ2) is 6.70. The van der Waals surface area contributed by atoms with Crippen molar-refractivity contribution in [1.29, 1.82) is 0 Å². The zero-order valence-electron chi connectivity index (χ0n) is 12.8. The van der Waals surface area contributed by atoms with Crippen LogP contribution in [0.5, 0.6) is 0 Å². The van der Waals surface area contributed by atoms with E-state index in [1.54, 1.807) is 19.2 Å². The number of allylic oxidation sites excluding steroid dienone is 1. The van der Waals surface area contributed by atoms with Crippen LogP contribution in [0, 0.1) is 5.82 Å². The second-order valence-electron chi connectivity index (χ2n) is 5.02. The Labute approximate surface area is 146 Å². The van der Waals surface area contributed by atoms with Crippen LogP contribution in [0.1, 0.15) is 23.5 Å². The molecule has 1 aromatic heterocycles. The second-order valence-corrected chi connectivity index (χ2v) is 6.29. The quantitative estimate of drug-likeness (QED) is 0.846. The molecule has 3 rings (SSSR count). The van der Waals surface area contributed by atoms with Gasteiger partial charge in [0.15, 0.2) is 10.8 Å². The van der Waals surface area contributed by atoms with Gasteiger partial charge in [0.1, 0.15) is 11.9 Å². The summed E-state index contributed by atoms with van der Waals surface area (Å²) in [7, 11) is 1.28. The predicted molar refractivity (Wildman–Crippen MR) is 90.7 cm³/mol. The summed E-state index contributed by atoms with van der Waals surface area (Å²) in [4.78, 5) is 21.0. The molecular formula is C16H13ClFN3O2S. The number of aromatic nitrogens is 1. The van der Waals surface area contributed by atoms with Gasteiger partial charge in [-0.3, -0.25) is 4.99 Å². The highest BCUT2D eigenvalue weighted by Crippen LogP contribution is 2.36. The largest absolute Gasteiger partial charge is 0.466 e. The monoisotopic (exact) mass is 365 g/mol. The molecule has 0 spiro atoms. The number of nitrogens with zero attached hydrogens (tertiary/aromatic N) is 2. The third kappa shape index (κ3) is 2.92. The van der Waals surface area contributed by atoms with Gasteiger partial charge in [0.05, 0.1) is 17.7 Å². The van der Waals surface area contributed by atoms with E-state index < -0.39 is 17.8 Å². The van der Waals surface area contributed by atoms with E-state index in [1.165, 1.54) is 30.6 Å². The predicted octanol–water partition coefficient (Wildman–Crippen LogP) is 3.47. The molecule has 0 saturated carbocycles. The number of aliphatic imine (C=N–C) groups is 1. The summed E-state index contributed by atoms with van der Waals surface area (Å²) in [6.45, 7) is 1.73. The van der Waals surface area contributed by atoms with Crippen molar-refractivity contribution in [1.82, 2.24) is 10.3 Å². The maximum Gasteiger partial charge on any atom is 0.338 e. The Morgan fingerprint density at radius 2 is 2.25 bits per heavy atom. The third-order valence-corrected chi connectivity index (χ3v) is 4.74. The Kier molecular flexibility index (Phi) is 4.64. The van der Waals surface area contributed by atoms with Gasteiger partial charge in [0, 0.05) is 22.8 Å². The van der Waals surface area contributed by atoms with E-state index in [1.807, 2.05) is 5.38 Å². The van der Waals surface area contributed by atoms with Crippen LogP contribution in [-0.4, -0.2) is 23.9 Å². The average Bonchev–Trinajstić information content (AvgIpc) is 3.10. The first-order chi connectivity index (χ1) is 11.5. The van der Waals surface area contributed by atoms with Gasteiger partial charge >= 0.3 is 5.97 Å². The van der Waals surface area contributed by atoms with Crippen LogP contribution < -0.4 is 5.32 Å². The number of hydrogen-bond donors (Lipinski definition) is 1. The number of nitrogens with one attached hydrogen (secondary N) is 1. The maximum absolute atomic E-state index is 13.9. The first-order valence-corrected chi connectivity index (χ1v) is 8.26. The van der Waals surface area contributed by atoms with Crippen molar-refractivity contribution in [2.45, 2.75) is 13.0 Å². The highest BCUT2D eigenvalue weighted by Gasteiger charge is 2.32.